The molecule has 0 radical (unpaired) electrons. The van der Waals surface area contributed by atoms with Gasteiger partial charge in [0.1, 0.15) is 0 Å². The molecule has 2 aliphatic heterocycles. The average molecular weight is 313 g/mol. The lowest BCUT2D eigenvalue weighted by molar-refractivity contribution is 0.0778. The van der Waals surface area contributed by atoms with Crippen molar-refractivity contribution in [2.45, 2.75) is 6.54 Å². The maximum absolute atomic E-state index is 12.4. The van der Waals surface area contributed by atoms with E-state index in [1.165, 1.54) is 11.3 Å². The van der Waals surface area contributed by atoms with Gasteiger partial charge in [0.15, 0.2) is 0 Å². The molecule has 4 rings (SSSR count). The number of carbonyl (C=O) groups is 1. The van der Waals surface area contributed by atoms with Crippen LogP contribution in [0.1, 0.15) is 15.4 Å². The molecule has 2 aromatic rings. The topological polar surface area (TPSA) is 36.4 Å². The van der Waals surface area contributed by atoms with Gasteiger partial charge in [0, 0.05) is 38.9 Å². The van der Waals surface area contributed by atoms with Gasteiger partial charge in [0.05, 0.1) is 10.6 Å². The van der Waals surface area contributed by atoms with E-state index in [1.54, 1.807) is 0 Å². The number of thiophene rings is 1. The van der Waals surface area contributed by atoms with E-state index in [2.05, 4.69) is 16.0 Å². The summed E-state index contributed by atoms with van der Waals surface area (Å²) >= 11 is 1.54. The summed E-state index contributed by atoms with van der Waals surface area (Å²) in [4.78, 5) is 22.2. The Morgan fingerprint density at radius 3 is 2.59 bits per heavy atom. The van der Waals surface area contributed by atoms with E-state index in [9.17, 15) is 4.79 Å². The molecule has 1 amide bonds. The number of nitrogens with zero attached hydrogens (tertiary/aromatic N) is 3. The molecule has 0 spiro atoms. The van der Waals surface area contributed by atoms with Crippen LogP contribution < -0.4 is 0 Å². The second-order valence-corrected chi connectivity index (χ2v) is 7.17. The van der Waals surface area contributed by atoms with Gasteiger partial charge in [0.25, 0.3) is 5.91 Å². The Morgan fingerprint density at radius 2 is 1.95 bits per heavy atom. The molecule has 114 valence electrons. The second-order valence-electron chi connectivity index (χ2n) is 6.22. The summed E-state index contributed by atoms with van der Waals surface area (Å²) in [5, 5.41) is 1.97. The van der Waals surface area contributed by atoms with E-state index in [0.29, 0.717) is 11.8 Å². The molecule has 5 heteroatoms. The zero-order valence-corrected chi connectivity index (χ0v) is 13.2. The molecule has 2 aromatic heterocycles. The molecular formula is C17H19N3OS. The molecule has 2 saturated heterocycles. The molecule has 0 saturated carbocycles. The molecule has 2 fully saturated rings. The predicted molar refractivity (Wildman–Crippen MR) is 86.7 cm³/mol. The van der Waals surface area contributed by atoms with Gasteiger partial charge in [-0.2, -0.15) is 0 Å². The molecule has 0 aromatic carbocycles. The molecule has 0 unspecified atom stereocenters. The van der Waals surface area contributed by atoms with E-state index in [1.807, 2.05) is 40.7 Å². The minimum Gasteiger partial charge on any atom is -0.337 e. The van der Waals surface area contributed by atoms with Gasteiger partial charge >= 0.3 is 0 Å². The summed E-state index contributed by atoms with van der Waals surface area (Å²) < 4.78 is 0. The van der Waals surface area contributed by atoms with Gasteiger partial charge in [-0.1, -0.05) is 12.1 Å². The van der Waals surface area contributed by atoms with Crippen LogP contribution in [0.4, 0.5) is 0 Å². The lowest BCUT2D eigenvalue weighted by Crippen LogP contribution is -2.32. The van der Waals surface area contributed by atoms with Crippen molar-refractivity contribution < 1.29 is 4.79 Å². The number of amides is 1. The fraction of sp³-hybridized carbons (Fsp3) is 0.412. The molecule has 4 nitrogen and oxygen atoms in total. The average Bonchev–Trinajstić information content (AvgIpc) is 3.23. The Labute approximate surface area is 134 Å². The molecule has 0 N–H and O–H groups in total. The van der Waals surface area contributed by atoms with Crippen molar-refractivity contribution in [1.82, 2.24) is 14.8 Å². The summed E-state index contributed by atoms with van der Waals surface area (Å²) in [6, 6.07) is 9.95. The third kappa shape index (κ3) is 2.66. The van der Waals surface area contributed by atoms with Crippen molar-refractivity contribution in [3.05, 3.63) is 52.5 Å². The number of hydrogen-bond acceptors (Lipinski definition) is 4. The van der Waals surface area contributed by atoms with Crippen molar-refractivity contribution in [1.29, 1.82) is 0 Å². The van der Waals surface area contributed by atoms with Gasteiger partial charge in [-0.3, -0.25) is 14.7 Å². The highest BCUT2D eigenvalue weighted by molar-refractivity contribution is 7.12. The molecule has 4 heterocycles. The van der Waals surface area contributed by atoms with Crippen molar-refractivity contribution in [2.75, 3.05) is 26.2 Å². The number of carbonyl (C=O) groups excluding carboxylic acids is 1. The lowest BCUT2D eigenvalue weighted by atomic mass is 10.0. The maximum atomic E-state index is 12.4. The SMILES string of the molecule is O=C(c1cccs1)N1C[C@@H]2CN(Cc3ccccn3)C[C@H]2C1. The number of likely N-dealkylation sites (tertiary alicyclic amines) is 2. The van der Waals surface area contributed by atoms with Crippen LogP contribution in [0.5, 0.6) is 0 Å². The van der Waals surface area contributed by atoms with Gasteiger partial charge in [-0.25, -0.2) is 0 Å². The molecule has 2 atom stereocenters. The number of fused-ring (bicyclic) bond motifs is 1. The Morgan fingerprint density at radius 1 is 1.14 bits per heavy atom. The Balaban J connectivity index is 1.36. The van der Waals surface area contributed by atoms with Crippen LogP contribution in [-0.2, 0) is 6.54 Å². The fourth-order valence-corrected chi connectivity index (χ4v) is 4.35. The monoisotopic (exact) mass is 313 g/mol. The Hall–Kier alpha value is -1.72. The van der Waals surface area contributed by atoms with E-state index in [4.69, 9.17) is 0 Å². The quantitative estimate of drug-likeness (QED) is 0.873. The smallest absolute Gasteiger partial charge is 0.263 e. The summed E-state index contributed by atoms with van der Waals surface area (Å²) in [5.74, 6) is 1.45. The van der Waals surface area contributed by atoms with E-state index >= 15 is 0 Å². The summed E-state index contributed by atoms with van der Waals surface area (Å²) in [6.45, 7) is 4.89. The highest BCUT2D eigenvalue weighted by Gasteiger charge is 2.41. The number of rotatable bonds is 3. The zero-order chi connectivity index (χ0) is 14.9. The first-order valence-corrected chi connectivity index (χ1v) is 8.62. The molecular weight excluding hydrogens is 294 g/mol. The first-order valence-electron chi connectivity index (χ1n) is 7.74. The van der Waals surface area contributed by atoms with Crippen molar-refractivity contribution >= 4 is 17.2 Å². The summed E-state index contributed by atoms with van der Waals surface area (Å²) in [7, 11) is 0. The van der Waals surface area contributed by atoms with Gasteiger partial charge in [0.2, 0.25) is 0 Å². The standard InChI is InChI=1S/C17H19N3OS/c21-17(16-5-3-7-22-16)20-10-13-8-19(9-14(13)11-20)12-15-4-1-2-6-18-15/h1-7,13-14H,8-12H2/t13-,14-/m0/s1. The molecule has 0 bridgehead atoms. The van der Waals surface area contributed by atoms with Crippen LogP contribution in [0.25, 0.3) is 0 Å². The molecule has 22 heavy (non-hydrogen) atoms. The van der Waals surface area contributed by atoms with Crippen LogP contribution in [0.15, 0.2) is 41.9 Å². The van der Waals surface area contributed by atoms with Crippen molar-refractivity contribution in [3.63, 3.8) is 0 Å². The van der Waals surface area contributed by atoms with Crippen LogP contribution in [0, 0.1) is 11.8 Å². The Bertz CT molecular complexity index is 629. The zero-order valence-electron chi connectivity index (χ0n) is 12.4. The van der Waals surface area contributed by atoms with E-state index in [-0.39, 0.29) is 5.91 Å². The fourth-order valence-electron chi connectivity index (χ4n) is 3.66. The normalized spacial score (nSPS) is 24.6. The highest BCUT2D eigenvalue weighted by atomic mass is 32.1. The van der Waals surface area contributed by atoms with E-state index < -0.39 is 0 Å². The number of pyridine rings is 1. The third-order valence-corrected chi connectivity index (χ3v) is 5.55. The first kappa shape index (κ1) is 13.9. The van der Waals surface area contributed by atoms with E-state index in [0.717, 1.165) is 43.3 Å². The lowest BCUT2D eigenvalue weighted by Gasteiger charge is -2.21. The van der Waals surface area contributed by atoms with Crippen molar-refractivity contribution in [3.8, 4) is 0 Å². The van der Waals surface area contributed by atoms with Crippen LogP contribution in [0.2, 0.25) is 0 Å². The number of hydrogen-bond donors (Lipinski definition) is 0. The number of aromatic nitrogens is 1. The first-order chi connectivity index (χ1) is 10.8. The highest BCUT2D eigenvalue weighted by Crippen LogP contribution is 2.32. The largest absolute Gasteiger partial charge is 0.337 e. The second kappa shape index (κ2) is 5.82. The molecule has 2 aliphatic rings. The minimum absolute atomic E-state index is 0.209. The van der Waals surface area contributed by atoms with Crippen LogP contribution >= 0.6 is 11.3 Å². The Kier molecular flexibility index (Phi) is 3.68. The molecule has 0 aliphatic carbocycles. The van der Waals surface area contributed by atoms with Crippen LogP contribution in [-0.4, -0.2) is 46.9 Å². The minimum atomic E-state index is 0.209. The maximum Gasteiger partial charge on any atom is 0.263 e. The predicted octanol–water partition coefficient (Wildman–Crippen LogP) is 2.35. The van der Waals surface area contributed by atoms with Gasteiger partial charge in [-0.15, -0.1) is 11.3 Å². The van der Waals surface area contributed by atoms with Crippen LogP contribution in [0.3, 0.4) is 0 Å². The summed E-state index contributed by atoms with van der Waals surface area (Å²) in [5.41, 5.74) is 1.13. The van der Waals surface area contributed by atoms with Crippen molar-refractivity contribution in [2.24, 2.45) is 11.8 Å². The van der Waals surface area contributed by atoms with Gasteiger partial charge < -0.3 is 4.90 Å². The summed E-state index contributed by atoms with van der Waals surface area (Å²) in [6.07, 6.45) is 1.85. The third-order valence-electron chi connectivity index (χ3n) is 4.69. The van der Waals surface area contributed by atoms with Gasteiger partial charge in [-0.05, 0) is 35.4 Å².